The van der Waals surface area contributed by atoms with Gasteiger partial charge in [-0.15, -0.1) is 0 Å². The highest BCUT2D eigenvalue weighted by molar-refractivity contribution is 7.89. The van der Waals surface area contributed by atoms with Gasteiger partial charge in [-0.05, 0) is 48.7 Å². The summed E-state index contributed by atoms with van der Waals surface area (Å²) in [5, 5.41) is 11.3. The highest BCUT2D eigenvalue weighted by atomic mass is 35.5. The molecule has 1 N–H and O–H groups in total. The molecule has 1 heterocycles. The van der Waals surface area contributed by atoms with Crippen molar-refractivity contribution in [3.05, 3.63) is 65.4 Å². The quantitative estimate of drug-likeness (QED) is 0.573. The molecule has 1 aromatic heterocycles. The Balaban J connectivity index is 2.01. The van der Waals surface area contributed by atoms with Crippen molar-refractivity contribution in [1.82, 2.24) is 4.31 Å². The third kappa shape index (κ3) is 4.58. The Morgan fingerprint density at radius 3 is 2.39 bits per heavy atom. The standard InChI is InChI=1S/C21H24ClNO4S/c1-15(2)11-18(14-24)23(28(25,26)20-9-7-17(22)8-10-20)13-19-12-16-5-3-4-6-21(16)27-19/h3-10,12,15,18,24H,11,13-14H2,1-2H3/t18-/m1/s1. The van der Waals surface area contributed by atoms with Crippen LogP contribution in [0.4, 0.5) is 0 Å². The first-order chi connectivity index (χ1) is 13.3. The summed E-state index contributed by atoms with van der Waals surface area (Å²) in [5.74, 6) is 0.747. The number of benzene rings is 2. The average molecular weight is 422 g/mol. The van der Waals surface area contributed by atoms with E-state index in [0.29, 0.717) is 22.8 Å². The Bertz CT molecular complexity index is 995. The predicted molar refractivity (Wildman–Crippen MR) is 111 cm³/mol. The minimum Gasteiger partial charge on any atom is -0.460 e. The number of aliphatic hydroxyl groups excluding tert-OH is 1. The maximum absolute atomic E-state index is 13.4. The summed E-state index contributed by atoms with van der Waals surface area (Å²) in [6, 6.07) is 14.9. The van der Waals surface area contributed by atoms with E-state index in [4.69, 9.17) is 16.0 Å². The summed E-state index contributed by atoms with van der Waals surface area (Å²) in [6.07, 6.45) is 0.531. The number of sulfonamides is 1. The molecule has 5 nitrogen and oxygen atoms in total. The van der Waals surface area contributed by atoms with Crippen molar-refractivity contribution >= 4 is 32.6 Å². The molecule has 1 atom stereocenters. The topological polar surface area (TPSA) is 70.8 Å². The Kier molecular flexibility index (Phi) is 6.45. The normalized spacial score (nSPS) is 13.5. The molecule has 28 heavy (non-hydrogen) atoms. The van der Waals surface area contributed by atoms with E-state index in [9.17, 15) is 13.5 Å². The predicted octanol–water partition coefficient (Wildman–Crippen LogP) is 4.68. The number of halogens is 1. The van der Waals surface area contributed by atoms with Crippen LogP contribution in [0.5, 0.6) is 0 Å². The summed E-state index contributed by atoms with van der Waals surface area (Å²) in [7, 11) is -3.86. The molecule has 0 spiro atoms. The first-order valence-corrected chi connectivity index (χ1v) is 11.0. The molecule has 0 fully saturated rings. The van der Waals surface area contributed by atoms with Gasteiger partial charge in [-0.1, -0.05) is 43.6 Å². The number of nitrogens with zero attached hydrogens (tertiary/aromatic N) is 1. The molecule has 0 radical (unpaired) electrons. The van der Waals surface area contributed by atoms with Crippen LogP contribution in [0.1, 0.15) is 26.0 Å². The molecular weight excluding hydrogens is 398 g/mol. The first kappa shape index (κ1) is 20.9. The number of fused-ring (bicyclic) bond motifs is 1. The SMILES string of the molecule is CC(C)C[C@H](CO)N(Cc1cc2ccccc2o1)S(=O)(=O)c1ccc(Cl)cc1. The van der Waals surface area contributed by atoms with Gasteiger partial charge in [-0.25, -0.2) is 8.42 Å². The third-order valence-corrected chi connectivity index (χ3v) is 6.73. The van der Waals surface area contributed by atoms with Crippen LogP contribution >= 0.6 is 11.6 Å². The van der Waals surface area contributed by atoms with Gasteiger partial charge in [-0.2, -0.15) is 4.31 Å². The van der Waals surface area contributed by atoms with E-state index < -0.39 is 16.1 Å². The van der Waals surface area contributed by atoms with Gasteiger partial charge >= 0.3 is 0 Å². The maximum Gasteiger partial charge on any atom is 0.243 e. The fourth-order valence-electron chi connectivity index (χ4n) is 3.25. The van der Waals surface area contributed by atoms with Gasteiger partial charge < -0.3 is 9.52 Å². The Hall–Kier alpha value is -1.86. The van der Waals surface area contributed by atoms with E-state index in [0.717, 1.165) is 5.39 Å². The molecule has 7 heteroatoms. The van der Waals surface area contributed by atoms with Crippen LogP contribution < -0.4 is 0 Å². The molecule has 2 aromatic carbocycles. The third-order valence-electron chi connectivity index (χ3n) is 4.57. The van der Waals surface area contributed by atoms with Gasteiger partial charge in [0, 0.05) is 16.5 Å². The molecule has 3 rings (SSSR count). The van der Waals surface area contributed by atoms with Crippen LogP contribution in [0.3, 0.4) is 0 Å². The lowest BCUT2D eigenvalue weighted by molar-refractivity contribution is 0.159. The van der Waals surface area contributed by atoms with Crippen LogP contribution in [0, 0.1) is 5.92 Å². The van der Waals surface area contributed by atoms with Gasteiger partial charge in [0.1, 0.15) is 11.3 Å². The molecule has 0 amide bonds. The highest BCUT2D eigenvalue weighted by Gasteiger charge is 2.32. The minimum atomic E-state index is -3.86. The molecule has 0 aliphatic rings. The van der Waals surface area contributed by atoms with Crippen LogP contribution in [-0.2, 0) is 16.6 Å². The van der Waals surface area contributed by atoms with Crippen LogP contribution in [0.15, 0.2) is 63.9 Å². The highest BCUT2D eigenvalue weighted by Crippen LogP contribution is 2.27. The van der Waals surface area contributed by atoms with Crippen molar-refractivity contribution in [3.63, 3.8) is 0 Å². The summed E-state index contributed by atoms with van der Waals surface area (Å²) in [6.45, 7) is 3.76. The molecule has 3 aromatic rings. The van der Waals surface area contributed by atoms with Crippen LogP contribution in [0.2, 0.25) is 5.02 Å². The second-order valence-electron chi connectivity index (χ2n) is 7.22. The van der Waals surface area contributed by atoms with E-state index in [1.165, 1.54) is 16.4 Å². The fourth-order valence-corrected chi connectivity index (χ4v) is 4.97. The Morgan fingerprint density at radius 1 is 1.11 bits per heavy atom. The number of furan rings is 1. The van der Waals surface area contributed by atoms with Crippen molar-refractivity contribution < 1.29 is 17.9 Å². The first-order valence-electron chi connectivity index (χ1n) is 9.17. The van der Waals surface area contributed by atoms with Crippen molar-refractivity contribution in [2.75, 3.05) is 6.61 Å². The van der Waals surface area contributed by atoms with Gasteiger partial charge in [0.25, 0.3) is 0 Å². The van der Waals surface area contributed by atoms with Crippen molar-refractivity contribution in [3.8, 4) is 0 Å². The summed E-state index contributed by atoms with van der Waals surface area (Å²) in [5.41, 5.74) is 0.700. The van der Waals surface area contributed by atoms with Gasteiger partial charge in [0.05, 0.1) is 18.0 Å². The summed E-state index contributed by atoms with van der Waals surface area (Å²) < 4.78 is 33.9. The zero-order chi connectivity index (χ0) is 20.3. The Morgan fingerprint density at radius 2 is 1.79 bits per heavy atom. The Labute approximate surface area is 170 Å². The van der Waals surface area contributed by atoms with Crippen molar-refractivity contribution in [1.29, 1.82) is 0 Å². The molecular formula is C21H24ClNO4S. The number of rotatable bonds is 8. The second-order valence-corrected chi connectivity index (χ2v) is 9.55. The lowest BCUT2D eigenvalue weighted by Gasteiger charge is -2.30. The summed E-state index contributed by atoms with van der Waals surface area (Å²) >= 11 is 5.91. The lowest BCUT2D eigenvalue weighted by atomic mass is 10.0. The van der Waals surface area contributed by atoms with E-state index >= 15 is 0 Å². The number of hydrogen-bond donors (Lipinski definition) is 1. The van der Waals surface area contributed by atoms with E-state index in [2.05, 4.69) is 0 Å². The smallest absolute Gasteiger partial charge is 0.243 e. The molecule has 0 bridgehead atoms. The minimum absolute atomic E-state index is 0.0393. The largest absolute Gasteiger partial charge is 0.460 e. The van der Waals surface area contributed by atoms with E-state index in [1.807, 2.05) is 44.2 Å². The van der Waals surface area contributed by atoms with E-state index in [-0.39, 0.29) is 24.0 Å². The van der Waals surface area contributed by atoms with Crippen molar-refractivity contribution in [2.24, 2.45) is 5.92 Å². The number of para-hydroxylation sites is 1. The summed E-state index contributed by atoms with van der Waals surface area (Å²) in [4.78, 5) is 0.134. The molecule has 0 unspecified atom stereocenters. The number of aliphatic hydroxyl groups is 1. The molecule has 0 saturated heterocycles. The second kappa shape index (κ2) is 8.66. The van der Waals surface area contributed by atoms with Crippen molar-refractivity contribution in [2.45, 2.75) is 37.8 Å². The zero-order valence-electron chi connectivity index (χ0n) is 15.9. The fraction of sp³-hybridized carbons (Fsp3) is 0.333. The maximum atomic E-state index is 13.4. The molecule has 0 aliphatic carbocycles. The van der Waals surface area contributed by atoms with Crippen LogP contribution in [-0.4, -0.2) is 30.5 Å². The van der Waals surface area contributed by atoms with Gasteiger partial charge in [0.15, 0.2) is 0 Å². The molecule has 0 saturated carbocycles. The average Bonchev–Trinajstić information content (AvgIpc) is 3.07. The van der Waals surface area contributed by atoms with Crippen LogP contribution in [0.25, 0.3) is 11.0 Å². The monoisotopic (exact) mass is 421 g/mol. The molecule has 0 aliphatic heterocycles. The van der Waals surface area contributed by atoms with Gasteiger partial charge in [-0.3, -0.25) is 0 Å². The number of hydrogen-bond acceptors (Lipinski definition) is 4. The van der Waals surface area contributed by atoms with E-state index in [1.54, 1.807) is 12.1 Å². The molecule has 150 valence electrons. The zero-order valence-corrected chi connectivity index (χ0v) is 17.4. The lowest BCUT2D eigenvalue weighted by Crippen LogP contribution is -2.42. The van der Waals surface area contributed by atoms with Gasteiger partial charge in [0.2, 0.25) is 10.0 Å².